The van der Waals surface area contributed by atoms with E-state index in [1.807, 2.05) is 0 Å². The first-order valence-electron chi connectivity index (χ1n) is 8.73. The lowest BCUT2D eigenvalue weighted by Crippen LogP contribution is -2.52. The molecule has 1 saturated heterocycles. The van der Waals surface area contributed by atoms with Crippen LogP contribution in [0.15, 0.2) is 24.3 Å². The molecule has 0 radical (unpaired) electrons. The normalized spacial score (nSPS) is 24.6. The van der Waals surface area contributed by atoms with E-state index in [0.29, 0.717) is 23.8 Å². The fourth-order valence-electron chi connectivity index (χ4n) is 3.32. The smallest absolute Gasteiger partial charge is 0.344 e. The Kier molecular flexibility index (Phi) is 5.02. The Morgan fingerprint density at radius 1 is 1.33 bits per heavy atom. The summed E-state index contributed by atoms with van der Waals surface area (Å²) in [7, 11) is 0. The van der Waals surface area contributed by atoms with Crippen LogP contribution in [0.5, 0.6) is 5.75 Å². The number of benzene rings is 1. The van der Waals surface area contributed by atoms with E-state index in [-0.39, 0.29) is 11.3 Å². The molecule has 1 aliphatic carbocycles. The van der Waals surface area contributed by atoms with E-state index in [1.54, 1.807) is 0 Å². The molecule has 0 atom stereocenters. The van der Waals surface area contributed by atoms with Gasteiger partial charge in [-0.2, -0.15) is 5.01 Å². The number of nitrogens with zero attached hydrogens (tertiary/aromatic N) is 1. The van der Waals surface area contributed by atoms with Gasteiger partial charge in [0.15, 0.2) is 6.61 Å². The van der Waals surface area contributed by atoms with Gasteiger partial charge in [0.2, 0.25) is 0 Å². The summed E-state index contributed by atoms with van der Waals surface area (Å²) < 4.78 is 4.84. The van der Waals surface area contributed by atoms with Gasteiger partial charge in [-0.1, -0.05) is 13.0 Å². The molecule has 1 spiro atoms. The quantitative estimate of drug-likeness (QED) is 0.534. The number of urea groups is 1. The average Bonchev–Trinajstić information content (AvgIpc) is 2.86. The largest absolute Gasteiger partial charge is 0.508 e. The van der Waals surface area contributed by atoms with E-state index < -0.39 is 36.0 Å². The number of rotatable bonds is 4. The zero-order valence-corrected chi connectivity index (χ0v) is 14.9. The van der Waals surface area contributed by atoms with Crippen LogP contribution in [0.2, 0.25) is 0 Å². The van der Waals surface area contributed by atoms with E-state index in [4.69, 9.17) is 4.74 Å². The van der Waals surface area contributed by atoms with Crippen molar-refractivity contribution in [2.45, 2.75) is 38.1 Å². The van der Waals surface area contributed by atoms with Crippen molar-refractivity contribution >= 4 is 23.8 Å². The molecule has 2 fully saturated rings. The maximum Gasteiger partial charge on any atom is 0.344 e. The lowest BCUT2D eigenvalue weighted by Gasteiger charge is -2.33. The molecule has 2 aliphatic rings. The zero-order valence-electron chi connectivity index (χ0n) is 14.9. The number of ether oxygens (including phenoxy) is 1. The van der Waals surface area contributed by atoms with Crippen molar-refractivity contribution in [1.82, 2.24) is 15.8 Å². The summed E-state index contributed by atoms with van der Waals surface area (Å²) in [5, 5.41) is 12.7. The minimum absolute atomic E-state index is 0.0769. The van der Waals surface area contributed by atoms with Crippen LogP contribution in [0.3, 0.4) is 0 Å². The topological polar surface area (TPSA) is 125 Å². The number of hydrogen-bond donors (Lipinski definition) is 3. The van der Waals surface area contributed by atoms with Crippen LogP contribution in [0.25, 0.3) is 0 Å². The monoisotopic (exact) mass is 375 g/mol. The molecule has 4 amide bonds. The predicted molar refractivity (Wildman–Crippen MR) is 92.3 cm³/mol. The lowest BCUT2D eigenvalue weighted by atomic mass is 9.77. The van der Waals surface area contributed by atoms with Crippen molar-refractivity contribution in [3.63, 3.8) is 0 Å². The fraction of sp³-hybridized carbons (Fsp3) is 0.444. The Bertz CT molecular complexity index is 785. The maximum atomic E-state index is 12.6. The van der Waals surface area contributed by atoms with E-state index in [0.717, 1.165) is 12.8 Å². The van der Waals surface area contributed by atoms with Gasteiger partial charge >= 0.3 is 12.0 Å². The van der Waals surface area contributed by atoms with Gasteiger partial charge in [-0.05, 0) is 49.8 Å². The van der Waals surface area contributed by atoms with Crippen LogP contribution in [-0.4, -0.2) is 46.1 Å². The second-order valence-electron chi connectivity index (χ2n) is 7.00. The summed E-state index contributed by atoms with van der Waals surface area (Å²) in [5.74, 6) is -1.74. The molecule has 0 unspecified atom stereocenters. The van der Waals surface area contributed by atoms with Crippen molar-refractivity contribution < 1.29 is 29.0 Å². The Hall–Kier alpha value is -3.10. The van der Waals surface area contributed by atoms with Crippen LogP contribution in [-0.2, 0) is 14.3 Å². The molecule has 1 saturated carbocycles. The molecule has 1 heterocycles. The number of nitrogens with one attached hydrogen (secondary N) is 2. The van der Waals surface area contributed by atoms with Gasteiger partial charge in [0, 0.05) is 0 Å². The third-order valence-electron chi connectivity index (χ3n) is 4.94. The highest BCUT2D eigenvalue weighted by Crippen LogP contribution is 2.35. The second kappa shape index (κ2) is 7.26. The first-order valence-corrected chi connectivity index (χ1v) is 8.73. The molecule has 9 nitrogen and oxygen atoms in total. The number of hydrogen-bond acceptors (Lipinski definition) is 6. The van der Waals surface area contributed by atoms with Gasteiger partial charge in [0.1, 0.15) is 11.3 Å². The first kappa shape index (κ1) is 18.7. The SMILES string of the molecule is CC1CCC2(CC1)NC(=O)N(NC(=O)COC(=O)c1cccc(O)c1)C2=O. The van der Waals surface area contributed by atoms with Crippen molar-refractivity contribution in [1.29, 1.82) is 0 Å². The Morgan fingerprint density at radius 2 is 2.04 bits per heavy atom. The van der Waals surface area contributed by atoms with Crippen molar-refractivity contribution in [3.8, 4) is 5.75 Å². The Balaban J connectivity index is 1.55. The number of imide groups is 1. The summed E-state index contributed by atoms with van der Waals surface area (Å²) in [6, 6.07) is 4.78. The highest BCUT2D eigenvalue weighted by molar-refractivity contribution is 6.08. The molecule has 27 heavy (non-hydrogen) atoms. The molecule has 3 rings (SSSR count). The minimum atomic E-state index is -0.963. The third kappa shape index (κ3) is 3.86. The number of esters is 1. The first-order chi connectivity index (χ1) is 12.8. The highest BCUT2D eigenvalue weighted by Gasteiger charge is 2.52. The van der Waals surface area contributed by atoms with Gasteiger partial charge in [-0.3, -0.25) is 15.0 Å². The molecule has 3 N–H and O–H groups in total. The van der Waals surface area contributed by atoms with Crippen molar-refractivity contribution in [2.24, 2.45) is 5.92 Å². The van der Waals surface area contributed by atoms with Crippen LogP contribution in [0.4, 0.5) is 4.79 Å². The summed E-state index contributed by atoms with van der Waals surface area (Å²) >= 11 is 0. The van der Waals surface area contributed by atoms with Gasteiger partial charge < -0.3 is 15.2 Å². The van der Waals surface area contributed by atoms with E-state index in [2.05, 4.69) is 17.7 Å². The minimum Gasteiger partial charge on any atom is -0.508 e. The zero-order chi connectivity index (χ0) is 19.6. The number of amides is 4. The number of carbonyl (C=O) groups is 4. The van der Waals surface area contributed by atoms with E-state index >= 15 is 0 Å². The van der Waals surface area contributed by atoms with Crippen molar-refractivity contribution in [2.75, 3.05) is 6.61 Å². The Morgan fingerprint density at radius 3 is 2.70 bits per heavy atom. The number of phenolic OH excluding ortho intramolecular Hbond substituents is 1. The summed E-state index contributed by atoms with van der Waals surface area (Å²) in [4.78, 5) is 48.6. The predicted octanol–water partition coefficient (Wildman–Crippen LogP) is 1.08. The molecule has 9 heteroatoms. The number of aromatic hydroxyl groups is 1. The van der Waals surface area contributed by atoms with Gasteiger partial charge in [0.05, 0.1) is 5.56 Å². The fourth-order valence-corrected chi connectivity index (χ4v) is 3.32. The van der Waals surface area contributed by atoms with E-state index in [1.165, 1.54) is 24.3 Å². The van der Waals surface area contributed by atoms with E-state index in [9.17, 15) is 24.3 Å². The lowest BCUT2D eigenvalue weighted by molar-refractivity contribution is -0.141. The summed E-state index contributed by atoms with van der Waals surface area (Å²) in [6.07, 6.45) is 2.68. The number of hydrazine groups is 1. The summed E-state index contributed by atoms with van der Waals surface area (Å²) in [5.41, 5.74) is 1.30. The molecule has 144 valence electrons. The molecule has 1 aliphatic heterocycles. The standard InChI is InChI=1S/C18H21N3O6/c1-11-5-7-18(8-6-11)16(25)21(17(26)19-18)20-14(23)10-27-15(24)12-3-2-4-13(22)9-12/h2-4,9,11,22H,5-8,10H2,1H3,(H,19,26)(H,20,23). The third-order valence-corrected chi connectivity index (χ3v) is 4.94. The van der Waals surface area contributed by atoms with Crippen molar-refractivity contribution in [3.05, 3.63) is 29.8 Å². The molecule has 0 aromatic heterocycles. The van der Waals surface area contributed by atoms with Gasteiger partial charge in [0.25, 0.3) is 11.8 Å². The molecule has 1 aromatic carbocycles. The van der Waals surface area contributed by atoms with Crippen LogP contribution < -0.4 is 10.7 Å². The van der Waals surface area contributed by atoms with Crippen LogP contribution in [0.1, 0.15) is 43.0 Å². The van der Waals surface area contributed by atoms with Crippen LogP contribution in [0, 0.1) is 5.92 Å². The number of phenols is 1. The maximum absolute atomic E-state index is 12.6. The highest BCUT2D eigenvalue weighted by atomic mass is 16.5. The molecular formula is C18H21N3O6. The average molecular weight is 375 g/mol. The molecule has 1 aromatic rings. The van der Waals surface area contributed by atoms with Gasteiger partial charge in [-0.25, -0.2) is 9.59 Å². The number of carbonyl (C=O) groups excluding carboxylic acids is 4. The van der Waals surface area contributed by atoms with Crippen LogP contribution >= 0.6 is 0 Å². The summed E-state index contributed by atoms with van der Waals surface area (Å²) in [6.45, 7) is 1.42. The molecular weight excluding hydrogens is 354 g/mol. The second-order valence-corrected chi connectivity index (χ2v) is 7.00. The Labute approximate surface area is 155 Å². The van der Waals surface area contributed by atoms with Gasteiger partial charge in [-0.15, -0.1) is 0 Å². The molecule has 0 bridgehead atoms.